The highest BCUT2D eigenvalue weighted by molar-refractivity contribution is 6.00. The molecule has 1 heterocycles. The van der Waals surface area contributed by atoms with E-state index in [1.165, 1.54) is 30.3 Å². The van der Waals surface area contributed by atoms with E-state index < -0.39 is 78.0 Å². The Kier molecular flexibility index (Phi) is 20.5. The second-order valence-electron chi connectivity index (χ2n) is 18.0. The van der Waals surface area contributed by atoms with E-state index >= 15 is 0 Å². The number of furan rings is 1. The second kappa shape index (κ2) is 27.5. The van der Waals surface area contributed by atoms with Gasteiger partial charge in [-0.15, -0.1) is 0 Å². The van der Waals surface area contributed by atoms with Gasteiger partial charge in [0.05, 0.1) is 36.0 Å². The average molecular weight is 1020 g/mol. The quantitative estimate of drug-likeness (QED) is 0.0105. The molecular weight excluding hydrogens is 953 g/mol. The molecule has 3 N–H and O–H groups in total. The zero-order chi connectivity index (χ0) is 52.9. The lowest BCUT2D eigenvalue weighted by molar-refractivity contribution is -0.208. The van der Waals surface area contributed by atoms with Crippen molar-refractivity contribution in [3.05, 3.63) is 149 Å². The van der Waals surface area contributed by atoms with Gasteiger partial charge < -0.3 is 44.2 Å². The van der Waals surface area contributed by atoms with Crippen LogP contribution in [0.25, 0.3) is 11.3 Å². The fourth-order valence-electron chi connectivity index (χ4n) is 7.69. The number of rotatable bonds is 29. The van der Waals surface area contributed by atoms with E-state index in [1.807, 2.05) is 19.1 Å². The Morgan fingerprint density at radius 1 is 0.716 bits per heavy atom. The molecule has 6 rings (SSSR count). The topological polar surface area (TPSA) is 235 Å². The third-order valence-corrected chi connectivity index (χ3v) is 12.3. The van der Waals surface area contributed by atoms with E-state index in [9.17, 15) is 38.4 Å². The van der Waals surface area contributed by atoms with E-state index in [0.29, 0.717) is 55.2 Å². The van der Waals surface area contributed by atoms with Crippen LogP contribution < -0.4 is 20.7 Å². The van der Waals surface area contributed by atoms with Crippen LogP contribution in [0.3, 0.4) is 0 Å². The van der Waals surface area contributed by atoms with Gasteiger partial charge in [0.25, 0.3) is 11.8 Å². The Balaban J connectivity index is 1.16. The minimum atomic E-state index is -1.51. The first kappa shape index (κ1) is 55.0. The van der Waals surface area contributed by atoms with Crippen LogP contribution in [0.15, 0.2) is 126 Å². The van der Waals surface area contributed by atoms with Crippen molar-refractivity contribution in [3.8, 4) is 17.1 Å². The molecule has 5 aromatic rings. The Hall–Kier alpha value is -8.28. The van der Waals surface area contributed by atoms with Crippen LogP contribution >= 0.6 is 0 Å². The number of hydrogen-bond acceptors (Lipinski definition) is 14. The highest BCUT2D eigenvalue weighted by Gasteiger charge is 2.48. The van der Waals surface area contributed by atoms with Crippen molar-refractivity contribution in [2.75, 3.05) is 13.3 Å². The minimum Gasteiger partial charge on any atom is -0.481 e. The molecule has 1 aliphatic rings. The van der Waals surface area contributed by atoms with Gasteiger partial charge in [0.15, 0.2) is 12.4 Å². The molecule has 4 amide bonds. The maximum Gasteiger partial charge on any atom is 0.344 e. The molecule has 2 unspecified atom stereocenters. The summed E-state index contributed by atoms with van der Waals surface area (Å²) < 4.78 is 28.2. The average Bonchev–Trinajstić information content (AvgIpc) is 3.98. The predicted molar refractivity (Wildman–Crippen MR) is 268 cm³/mol. The molecular formula is C56H62N4O14. The largest absolute Gasteiger partial charge is 0.481 e. The normalized spacial score (nSPS) is 13.4. The number of benzene rings is 4. The highest BCUT2D eigenvalue weighted by Crippen LogP contribution is 2.46. The van der Waals surface area contributed by atoms with Crippen LogP contribution in [0.5, 0.6) is 5.75 Å². The zero-order valence-electron chi connectivity index (χ0n) is 41.7. The SMILES string of the molecule is CCCCCC(C(=O)NCNC(=O)c1ccc(-c2ccc(C(=O)NC(CC(=O)OCc3ccccc3)C(=O)OCc3ccccc3)c(OCC(=O)OCc3ccccc3)c2)o1)[C@@H](CC)N(C=O)OC(=O)C1(C)CC1. The monoisotopic (exact) mass is 1010 g/mol. The van der Waals surface area contributed by atoms with E-state index in [2.05, 4.69) is 16.0 Å². The van der Waals surface area contributed by atoms with Gasteiger partial charge >= 0.3 is 23.9 Å². The summed E-state index contributed by atoms with van der Waals surface area (Å²) in [5.41, 5.74) is 1.62. The van der Waals surface area contributed by atoms with E-state index in [0.717, 1.165) is 23.5 Å². The number of amides is 4. The fraction of sp³-hybridized carbons (Fsp3) is 0.357. The Morgan fingerprint density at radius 3 is 1.91 bits per heavy atom. The van der Waals surface area contributed by atoms with Gasteiger partial charge in [-0.25, -0.2) is 14.4 Å². The third-order valence-electron chi connectivity index (χ3n) is 12.3. The Bertz CT molecular complexity index is 2690. The molecule has 18 nitrogen and oxygen atoms in total. The number of carbonyl (C=O) groups is 8. The standard InChI is InChI=1S/C56H62N4O14/c1-4-6-10-23-42(45(5-2)60(37-61)74-55(68)56(3)28-29-56)51(64)57-36-58-53(66)47-27-26-46(73-47)41-24-25-43(48(30-41)69-35-50(63)71-33-39-19-13-8-14-20-39)52(65)59-44(54(67)72-34-40-21-15-9-16-22-40)31-49(62)70-32-38-17-11-7-12-18-38/h7-9,11-22,24-27,30,37,42,44-45H,4-6,10,23,28-29,31-36H2,1-3H3,(H,57,64)(H,58,66)(H,59,65)/t42?,44?,45-/m1/s1. The molecule has 1 fully saturated rings. The Morgan fingerprint density at radius 2 is 1.32 bits per heavy atom. The predicted octanol–water partition coefficient (Wildman–Crippen LogP) is 7.54. The van der Waals surface area contributed by atoms with Crippen LogP contribution in [0.4, 0.5) is 0 Å². The number of nitrogens with zero attached hydrogens (tertiary/aromatic N) is 1. The number of nitrogens with one attached hydrogen (secondary N) is 3. The molecule has 1 aliphatic carbocycles. The van der Waals surface area contributed by atoms with Crippen molar-refractivity contribution in [1.82, 2.24) is 21.0 Å². The van der Waals surface area contributed by atoms with Crippen LogP contribution in [-0.2, 0) is 67.6 Å². The van der Waals surface area contributed by atoms with E-state index in [-0.39, 0.29) is 49.3 Å². The first-order valence-corrected chi connectivity index (χ1v) is 24.6. The number of ether oxygens (including phenoxy) is 4. The molecule has 1 aromatic heterocycles. The Labute approximate surface area is 429 Å². The van der Waals surface area contributed by atoms with Gasteiger partial charge in [0.1, 0.15) is 37.4 Å². The van der Waals surface area contributed by atoms with Gasteiger partial charge in [-0.3, -0.25) is 24.0 Å². The molecule has 3 atom stereocenters. The second-order valence-corrected chi connectivity index (χ2v) is 18.0. The van der Waals surface area contributed by atoms with Gasteiger partial charge in [-0.2, -0.15) is 5.06 Å². The fourth-order valence-corrected chi connectivity index (χ4v) is 7.69. The van der Waals surface area contributed by atoms with Crippen LogP contribution in [0, 0.1) is 11.3 Å². The lowest BCUT2D eigenvalue weighted by atomic mass is 9.90. The summed E-state index contributed by atoms with van der Waals surface area (Å²) in [6, 6.07) is 31.6. The number of unbranched alkanes of at least 4 members (excludes halogenated alkanes) is 2. The van der Waals surface area contributed by atoms with E-state index in [4.69, 9.17) is 28.2 Å². The smallest absolute Gasteiger partial charge is 0.344 e. The highest BCUT2D eigenvalue weighted by atomic mass is 16.7. The summed E-state index contributed by atoms with van der Waals surface area (Å²) in [6.45, 7) is 4.37. The third kappa shape index (κ3) is 16.4. The van der Waals surface area contributed by atoms with Gasteiger partial charge in [-0.05, 0) is 73.6 Å². The van der Waals surface area contributed by atoms with Crippen LogP contribution in [-0.4, -0.2) is 78.4 Å². The summed E-state index contributed by atoms with van der Waals surface area (Å²) in [5, 5.41) is 8.84. The van der Waals surface area contributed by atoms with Crippen molar-refractivity contribution >= 4 is 48.0 Å². The van der Waals surface area contributed by atoms with Crippen LogP contribution in [0.1, 0.15) is 110 Å². The lowest BCUT2D eigenvalue weighted by Crippen LogP contribution is -2.49. The van der Waals surface area contributed by atoms with Gasteiger partial charge in [-0.1, -0.05) is 130 Å². The number of hydroxylamine groups is 2. The number of esters is 3. The minimum absolute atomic E-state index is 0.0429. The van der Waals surface area contributed by atoms with Gasteiger partial charge in [0.2, 0.25) is 12.3 Å². The molecule has 0 saturated heterocycles. The maximum atomic E-state index is 14.1. The molecule has 390 valence electrons. The van der Waals surface area contributed by atoms with Crippen molar-refractivity contribution < 1.29 is 66.6 Å². The molecule has 1 saturated carbocycles. The molecule has 4 aromatic carbocycles. The molecule has 0 bridgehead atoms. The molecule has 74 heavy (non-hydrogen) atoms. The lowest BCUT2D eigenvalue weighted by Gasteiger charge is -2.32. The first-order chi connectivity index (χ1) is 35.8. The van der Waals surface area contributed by atoms with Crippen molar-refractivity contribution in [3.63, 3.8) is 0 Å². The molecule has 0 spiro atoms. The van der Waals surface area contributed by atoms with Gasteiger partial charge in [0, 0.05) is 5.56 Å². The van der Waals surface area contributed by atoms with E-state index in [1.54, 1.807) is 92.7 Å². The first-order valence-electron chi connectivity index (χ1n) is 24.6. The van der Waals surface area contributed by atoms with Crippen molar-refractivity contribution in [2.45, 2.75) is 104 Å². The maximum absolute atomic E-state index is 14.1. The number of hydrogen-bond donors (Lipinski definition) is 3. The number of carbonyl (C=O) groups excluding carboxylic acids is 8. The molecule has 0 aliphatic heterocycles. The van der Waals surface area contributed by atoms with Crippen LogP contribution in [0.2, 0.25) is 0 Å². The molecule has 18 heteroatoms. The summed E-state index contributed by atoms with van der Waals surface area (Å²) >= 11 is 0. The molecule has 0 radical (unpaired) electrons. The summed E-state index contributed by atoms with van der Waals surface area (Å²) in [4.78, 5) is 111. The van der Waals surface area contributed by atoms with Crippen molar-refractivity contribution in [2.24, 2.45) is 11.3 Å². The summed E-state index contributed by atoms with van der Waals surface area (Å²) in [6.07, 6.45) is 4.26. The van der Waals surface area contributed by atoms with Crippen molar-refractivity contribution in [1.29, 1.82) is 0 Å². The summed E-state index contributed by atoms with van der Waals surface area (Å²) in [7, 11) is 0. The zero-order valence-corrected chi connectivity index (χ0v) is 41.7. The summed E-state index contributed by atoms with van der Waals surface area (Å²) in [5.74, 6) is -5.88.